The third kappa shape index (κ3) is 3.00. The number of fused-ring (bicyclic) bond motifs is 1. The minimum atomic E-state index is -0.223. The Morgan fingerprint density at radius 3 is 2.46 bits per heavy atom. The third-order valence-corrected chi connectivity index (χ3v) is 4.26. The molecule has 124 valence electrons. The maximum absolute atomic E-state index is 12.6. The first kappa shape index (κ1) is 16.1. The molecule has 0 aliphatic rings. The molecule has 0 radical (unpaired) electrons. The van der Waals surface area contributed by atoms with Gasteiger partial charge in [-0.15, -0.1) is 0 Å². The molecule has 1 N–H and O–H groups in total. The van der Waals surface area contributed by atoms with Crippen LogP contribution < -0.4 is 10.2 Å². The third-order valence-electron chi connectivity index (χ3n) is 4.26. The fraction of sp³-hybridized carbons (Fsp3) is 0.250. The molecule has 4 heteroatoms. The first-order valence-electron chi connectivity index (χ1n) is 8.10. The summed E-state index contributed by atoms with van der Waals surface area (Å²) in [5.41, 5.74) is 4.69. The minimum absolute atomic E-state index is 0.223. The van der Waals surface area contributed by atoms with Crippen LogP contribution in [0.1, 0.15) is 28.6 Å². The van der Waals surface area contributed by atoms with E-state index in [-0.39, 0.29) is 5.91 Å². The number of carbonyl (C=O) groups excluding carboxylic acids is 1. The average Bonchev–Trinajstić information content (AvgIpc) is 2.91. The molecule has 4 nitrogen and oxygen atoms in total. The van der Waals surface area contributed by atoms with Gasteiger partial charge in [0.05, 0.1) is 0 Å². The van der Waals surface area contributed by atoms with Crippen LogP contribution in [0.15, 0.2) is 46.9 Å². The van der Waals surface area contributed by atoms with E-state index < -0.39 is 0 Å². The van der Waals surface area contributed by atoms with Crippen LogP contribution in [0.3, 0.4) is 0 Å². The molecule has 0 saturated heterocycles. The number of hydrogen-bond acceptors (Lipinski definition) is 3. The molecule has 0 fully saturated rings. The van der Waals surface area contributed by atoms with Gasteiger partial charge in [-0.25, -0.2) is 0 Å². The lowest BCUT2D eigenvalue weighted by atomic mass is 10.1. The van der Waals surface area contributed by atoms with Crippen molar-refractivity contribution < 1.29 is 9.21 Å². The van der Waals surface area contributed by atoms with E-state index in [0.717, 1.165) is 34.3 Å². The summed E-state index contributed by atoms with van der Waals surface area (Å²) in [4.78, 5) is 14.6. The van der Waals surface area contributed by atoms with Crippen molar-refractivity contribution in [2.45, 2.75) is 20.3 Å². The van der Waals surface area contributed by atoms with Crippen LogP contribution in [0.4, 0.5) is 11.4 Å². The van der Waals surface area contributed by atoms with Crippen molar-refractivity contribution in [3.63, 3.8) is 0 Å². The topological polar surface area (TPSA) is 45.5 Å². The van der Waals surface area contributed by atoms with E-state index in [4.69, 9.17) is 4.42 Å². The van der Waals surface area contributed by atoms with Gasteiger partial charge in [0.2, 0.25) is 0 Å². The zero-order valence-corrected chi connectivity index (χ0v) is 14.5. The Morgan fingerprint density at radius 1 is 1.12 bits per heavy atom. The first-order valence-corrected chi connectivity index (χ1v) is 8.10. The minimum Gasteiger partial charge on any atom is -0.451 e. The molecule has 3 aromatic rings. The molecule has 0 spiro atoms. The second-order valence-corrected chi connectivity index (χ2v) is 6.14. The van der Waals surface area contributed by atoms with Crippen molar-refractivity contribution in [3.8, 4) is 0 Å². The molecule has 2 aromatic carbocycles. The molecule has 0 aliphatic heterocycles. The zero-order chi connectivity index (χ0) is 17.3. The van der Waals surface area contributed by atoms with E-state index in [1.165, 1.54) is 5.56 Å². The Labute approximate surface area is 142 Å². The standard InChI is InChI=1S/C20H22N2O2/c1-5-14-6-11-18-17(12-14)13(2)19(24-18)20(23)21-15-7-9-16(10-8-15)22(3)4/h6-12H,5H2,1-4H3,(H,21,23). The molecule has 0 saturated carbocycles. The summed E-state index contributed by atoms with van der Waals surface area (Å²) in [5, 5.41) is 3.91. The number of anilines is 2. The van der Waals surface area contributed by atoms with Crippen LogP contribution in [-0.4, -0.2) is 20.0 Å². The van der Waals surface area contributed by atoms with Gasteiger partial charge in [0.25, 0.3) is 5.91 Å². The highest BCUT2D eigenvalue weighted by Gasteiger charge is 2.18. The Bertz CT molecular complexity index is 877. The van der Waals surface area contributed by atoms with Crippen molar-refractivity contribution in [3.05, 3.63) is 59.4 Å². The number of carbonyl (C=O) groups is 1. The Balaban J connectivity index is 1.87. The summed E-state index contributed by atoms with van der Waals surface area (Å²) in [6, 6.07) is 13.8. The predicted molar refractivity (Wildman–Crippen MR) is 99.1 cm³/mol. The molecule has 1 heterocycles. The van der Waals surface area contributed by atoms with Crippen molar-refractivity contribution in [2.75, 3.05) is 24.3 Å². The molecular formula is C20H22N2O2. The number of amides is 1. The summed E-state index contributed by atoms with van der Waals surface area (Å²) in [7, 11) is 3.96. The molecule has 1 aromatic heterocycles. The number of nitrogens with zero attached hydrogens (tertiary/aromatic N) is 1. The van der Waals surface area contributed by atoms with E-state index in [1.54, 1.807) is 0 Å². The van der Waals surface area contributed by atoms with Crippen LogP contribution >= 0.6 is 0 Å². The largest absolute Gasteiger partial charge is 0.451 e. The van der Waals surface area contributed by atoms with Crippen molar-refractivity contribution in [2.24, 2.45) is 0 Å². The summed E-state index contributed by atoms with van der Waals surface area (Å²) < 4.78 is 5.77. The number of rotatable bonds is 4. The summed E-state index contributed by atoms with van der Waals surface area (Å²) >= 11 is 0. The highest BCUT2D eigenvalue weighted by atomic mass is 16.3. The van der Waals surface area contributed by atoms with Crippen LogP contribution in [0.2, 0.25) is 0 Å². The van der Waals surface area contributed by atoms with Gasteiger partial charge in [0.15, 0.2) is 5.76 Å². The van der Waals surface area contributed by atoms with Gasteiger partial charge in [-0.1, -0.05) is 13.0 Å². The summed E-state index contributed by atoms with van der Waals surface area (Å²) in [6.45, 7) is 4.04. The fourth-order valence-corrected chi connectivity index (χ4v) is 2.74. The Hall–Kier alpha value is -2.75. The highest BCUT2D eigenvalue weighted by Crippen LogP contribution is 2.27. The van der Waals surface area contributed by atoms with Crippen LogP contribution in [0, 0.1) is 6.92 Å². The number of hydrogen-bond donors (Lipinski definition) is 1. The quantitative estimate of drug-likeness (QED) is 0.762. The average molecular weight is 322 g/mol. The predicted octanol–water partition coefficient (Wildman–Crippen LogP) is 4.62. The second-order valence-electron chi connectivity index (χ2n) is 6.14. The van der Waals surface area contributed by atoms with E-state index in [9.17, 15) is 4.79 Å². The van der Waals surface area contributed by atoms with E-state index in [2.05, 4.69) is 18.3 Å². The molecule has 3 rings (SSSR count). The number of furan rings is 1. The SMILES string of the molecule is CCc1ccc2oc(C(=O)Nc3ccc(N(C)C)cc3)c(C)c2c1. The maximum Gasteiger partial charge on any atom is 0.291 e. The number of nitrogens with one attached hydrogen (secondary N) is 1. The van der Waals surface area contributed by atoms with Gasteiger partial charge in [-0.3, -0.25) is 4.79 Å². The summed E-state index contributed by atoms with van der Waals surface area (Å²) in [5.74, 6) is 0.147. The molecule has 24 heavy (non-hydrogen) atoms. The van der Waals surface area contributed by atoms with Crippen molar-refractivity contribution >= 4 is 28.3 Å². The van der Waals surface area contributed by atoms with Crippen LogP contribution in [0.5, 0.6) is 0 Å². The highest BCUT2D eigenvalue weighted by molar-refractivity contribution is 6.06. The van der Waals surface area contributed by atoms with E-state index in [1.807, 2.05) is 62.3 Å². The molecule has 0 bridgehead atoms. The molecule has 0 unspecified atom stereocenters. The van der Waals surface area contributed by atoms with Gasteiger partial charge < -0.3 is 14.6 Å². The van der Waals surface area contributed by atoms with E-state index in [0.29, 0.717) is 5.76 Å². The number of benzene rings is 2. The molecular weight excluding hydrogens is 300 g/mol. The molecule has 0 atom stereocenters. The normalized spacial score (nSPS) is 10.8. The van der Waals surface area contributed by atoms with Gasteiger partial charge >= 0.3 is 0 Å². The van der Waals surface area contributed by atoms with Crippen LogP contribution in [-0.2, 0) is 6.42 Å². The Morgan fingerprint density at radius 2 is 1.83 bits per heavy atom. The lowest BCUT2D eigenvalue weighted by Crippen LogP contribution is -2.12. The summed E-state index contributed by atoms with van der Waals surface area (Å²) in [6.07, 6.45) is 0.959. The Kier molecular flexibility index (Phi) is 4.30. The number of aryl methyl sites for hydroxylation is 2. The monoisotopic (exact) mass is 322 g/mol. The maximum atomic E-state index is 12.6. The smallest absolute Gasteiger partial charge is 0.291 e. The second kappa shape index (κ2) is 6.40. The first-order chi connectivity index (χ1) is 11.5. The van der Waals surface area contributed by atoms with Gasteiger partial charge in [0.1, 0.15) is 5.58 Å². The van der Waals surface area contributed by atoms with Gasteiger partial charge in [-0.2, -0.15) is 0 Å². The van der Waals surface area contributed by atoms with Crippen molar-refractivity contribution in [1.82, 2.24) is 0 Å². The lowest BCUT2D eigenvalue weighted by molar-refractivity contribution is 0.0998. The van der Waals surface area contributed by atoms with Gasteiger partial charge in [-0.05, 0) is 55.3 Å². The fourth-order valence-electron chi connectivity index (χ4n) is 2.74. The lowest BCUT2D eigenvalue weighted by Gasteiger charge is -2.12. The van der Waals surface area contributed by atoms with E-state index >= 15 is 0 Å². The van der Waals surface area contributed by atoms with Crippen LogP contribution in [0.25, 0.3) is 11.0 Å². The van der Waals surface area contributed by atoms with Gasteiger partial charge in [0, 0.05) is 36.4 Å². The van der Waals surface area contributed by atoms with Crippen molar-refractivity contribution in [1.29, 1.82) is 0 Å². The molecule has 0 aliphatic carbocycles. The zero-order valence-electron chi connectivity index (χ0n) is 14.5. The molecule has 1 amide bonds.